The number of nitrogens with zero attached hydrogens (tertiary/aromatic N) is 1. The SMILES string of the molecule is Nc1cccc(Nc2cc(-c3cccc(NC(=O)Cc4cccs4)c3)ccn2)c1. The number of anilines is 4. The van der Waals surface area contributed by atoms with Crippen molar-refractivity contribution >= 4 is 40.1 Å². The molecular weight excluding hydrogens is 380 g/mol. The summed E-state index contributed by atoms with van der Waals surface area (Å²) in [5.41, 5.74) is 10.2. The van der Waals surface area contributed by atoms with Crippen LogP contribution >= 0.6 is 11.3 Å². The van der Waals surface area contributed by atoms with Crippen molar-refractivity contribution in [3.05, 3.63) is 89.3 Å². The van der Waals surface area contributed by atoms with E-state index in [1.165, 1.54) is 0 Å². The zero-order valence-corrected chi connectivity index (χ0v) is 16.4. The van der Waals surface area contributed by atoms with Crippen LogP contribution in [0.5, 0.6) is 0 Å². The number of rotatable bonds is 6. The van der Waals surface area contributed by atoms with E-state index in [1.54, 1.807) is 17.5 Å². The molecular formula is C23H20N4OS. The quantitative estimate of drug-likeness (QED) is 0.383. The Hall–Kier alpha value is -3.64. The average molecular weight is 401 g/mol. The number of hydrogen-bond acceptors (Lipinski definition) is 5. The van der Waals surface area contributed by atoms with Gasteiger partial charge in [0.15, 0.2) is 0 Å². The number of nitrogens with two attached hydrogens (primary N) is 1. The van der Waals surface area contributed by atoms with Gasteiger partial charge in [-0.25, -0.2) is 4.98 Å². The second kappa shape index (κ2) is 8.58. The smallest absolute Gasteiger partial charge is 0.229 e. The maximum absolute atomic E-state index is 12.3. The second-order valence-corrected chi connectivity index (χ2v) is 7.60. The fourth-order valence-corrected chi connectivity index (χ4v) is 3.70. The predicted molar refractivity (Wildman–Crippen MR) is 120 cm³/mol. The van der Waals surface area contributed by atoms with Gasteiger partial charge < -0.3 is 16.4 Å². The Morgan fingerprint density at radius 1 is 0.931 bits per heavy atom. The molecule has 4 rings (SSSR count). The largest absolute Gasteiger partial charge is 0.399 e. The van der Waals surface area contributed by atoms with Crippen LogP contribution in [0.4, 0.5) is 22.9 Å². The number of amides is 1. The zero-order chi connectivity index (χ0) is 20.1. The third-order valence-electron chi connectivity index (χ3n) is 4.31. The maximum Gasteiger partial charge on any atom is 0.229 e. The van der Waals surface area contributed by atoms with E-state index in [9.17, 15) is 4.79 Å². The molecule has 6 heteroatoms. The van der Waals surface area contributed by atoms with E-state index in [0.29, 0.717) is 12.1 Å². The number of nitrogens with one attached hydrogen (secondary N) is 2. The molecule has 0 unspecified atom stereocenters. The molecule has 0 aliphatic carbocycles. The molecule has 0 spiro atoms. The minimum atomic E-state index is -0.0247. The summed E-state index contributed by atoms with van der Waals surface area (Å²) in [6.07, 6.45) is 2.14. The summed E-state index contributed by atoms with van der Waals surface area (Å²) in [5.74, 6) is 0.698. The van der Waals surface area contributed by atoms with Gasteiger partial charge in [-0.05, 0) is 65.0 Å². The van der Waals surface area contributed by atoms with E-state index >= 15 is 0 Å². The molecule has 5 nitrogen and oxygen atoms in total. The van der Waals surface area contributed by atoms with Crippen molar-refractivity contribution in [1.82, 2.24) is 4.98 Å². The lowest BCUT2D eigenvalue weighted by atomic mass is 10.1. The molecule has 0 aliphatic heterocycles. The van der Waals surface area contributed by atoms with Gasteiger partial charge in [-0.2, -0.15) is 0 Å². The number of hydrogen-bond donors (Lipinski definition) is 3. The predicted octanol–water partition coefficient (Wildman–Crippen LogP) is 5.32. The average Bonchev–Trinajstić information content (AvgIpc) is 3.21. The Kier molecular flexibility index (Phi) is 5.54. The molecule has 2 aromatic carbocycles. The second-order valence-electron chi connectivity index (χ2n) is 6.57. The van der Waals surface area contributed by atoms with Crippen LogP contribution in [0, 0.1) is 0 Å². The summed E-state index contributed by atoms with van der Waals surface area (Å²) in [7, 11) is 0. The number of benzene rings is 2. The zero-order valence-electron chi connectivity index (χ0n) is 15.6. The van der Waals surface area contributed by atoms with Gasteiger partial charge in [0.2, 0.25) is 5.91 Å². The summed E-state index contributed by atoms with van der Waals surface area (Å²) >= 11 is 1.58. The molecule has 4 N–H and O–H groups in total. The Balaban J connectivity index is 1.49. The maximum atomic E-state index is 12.3. The van der Waals surface area contributed by atoms with Crippen molar-refractivity contribution < 1.29 is 4.79 Å². The van der Waals surface area contributed by atoms with Crippen LogP contribution in [0.2, 0.25) is 0 Å². The number of aromatic nitrogens is 1. The summed E-state index contributed by atoms with van der Waals surface area (Å²) in [5, 5.41) is 8.21. The van der Waals surface area contributed by atoms with Crippen LogP contribution in [0.1, 0.15) is 4.88 Å². The van der Waals surface area contributed by atoms with Crippen LogP contribution in [-0.2, 0) is 11.2 Å². The minimum Gasteiger partial charge on any atom is -0.399 e. The molecule has 29 heavy (non-hydrogen) atoms. The highest BCUT2D eigenvalue weighted by molar-refractivity contribution is 7.10. The normalized spacial score (nSPS) is 10.5. The lowest BCUT2D eigenvalue weighted by molar-refractivity contribution is -0.115. The molecule has 0 atom stereocenters. The lowest BCUT2D eigenvalue weighted by Crippen LogP contribution is -2.13. The molecule has 0 radical (unpaired) electrons. The first kappa shape index (κ1) is 18.7. The van der Waals surface area contributed by atoms with Crippen molar-refractivity contribution in [1.29, 1.82) is 0 Å². The third-order valence-corrected chi connectivity index (χ3v) is 5.19. The van der Waals surface area contributed by atoms with Crippen molar-refractivity contribution in [3.63, 3.8) is 0 Å². The lowest BCUT2D eigenvalue weighted by Gasteiger charge is -2.10. The molecule has 0 aliphatic rings. The Morgan fingerprint density at radius 2 is 1.76 bits per heavy atom. The molecule has 4 aromatic rings. The number of carbonyl (C=O) groups is 1. The van der Waals surface area contributed by atoms with Gasteiger partial charge in [0, 0.05) is 28.1 Å². The molecule has 1 amide bonds. The Bertz CT molecular complexity index is 1130. The van der Waals surface area contributed by atoms with Gasteiger partial charge in [0.25, 0.3) is 0 Å². The summed E-state index contributed by atoms with van der Waals surface area (Å²) in [4.78, 5) is 17.7. The van der Waals surface area contributed by atoms with Crippen molar-refractivity contribution in [3.8, 4) is 11.1 Å². The van der Waals surface area contributed by atoms with Gasteiger partial charge in [-0.15, -0.1) is 11.3 Å². The Labute approximate surface area is 173 Å². The fourth-order valence-electron chi connectivity index (χ4n) is 3.00. The minimum absolute atomic E-state index is 0.0247. The molecule has 0 bridgehead atoms. The van der Waals surface area contributed by atoms with Crippen LogP contribution in [0.25, 0.3) is 11.1 Å². The topological polar surface area (TPSA) is 80.0 Å². The Morgan fingerprint density at radius 3 is 2.59 bits per heavy atom. The van der Waals surface area contributed by atoms with Crippen LogP contribution in [0.3, 0.4) is 0 Å². The highest BCUT2D eigenvalue weighted by Gasteiger charge is 2.07. The van der Waals surface area contributed by atoms with Crippen LogP contribution < -0.4 is 16.4 Å². The van der Waals surface area contributed by atoms with Crippen LogP contribution in [0.15, 0.2) is 84.4 Å². The first-order valence-electron chi connectivity index (χ1n) is 9.17. The number of pyridine rings is 1. The molecule has 0 fully saturated rings. The van der Waals surface area contributed by atoms with Gasteiger partial charge in [0.05, 0.1) is 6.42 Å². The molecule has 2 aromatic heterocycles. The third kappa shape index (κ3) is 5.00. The number of nitrogen functional groups attached to an aromatic ring is 1. The number of carbonyl (C=O) groups excluding carboxylic acids is 1. The summed E-state index contributed by atoms with van der Waals surface area (Å²) in [6, 6.07) is 23.2. The monoisotopic (exact) mass is 400 g/mol. The van der Waals surface area contributed by atoms with Crippen molar-refractivity contribution in [2.45, 2.75) is 6.42 Å². The van der Waals surface area contributed by atoms with Crippen LogP contribution in [-0.4, -0.2) is 10.9 Å². The molecule has 2 heterocycles. The molecule has 0 saturated carbocycles. The van der Waals surface area contributed by atoms with Gasteiger partial charge in [-0.3, -0.25) is 4.79 Å². The van der Waals surface area contributed by atoms with Gasteiger partial charge >= 0.3 is 0 Å². The summed E-state index contributed by atoms with van der Waals surface area (Å²) < 4.78 is 0. The van der Waals surface area contributed by atoms with E-state index in [4.69, 9.17) is 5.73 Å². The van der Waals surface area contributed by atoms with E-state index in [2.05, 4.69) is 15.6 Å². The highest BCUT2D eigenvalue weighted by Crippen LogP contribution is 2.26. The van der Waals surface area contributed by atoms with Crippen molar-refractivity contribution in [2.75, 3.05) is 16.4 Å². The van der Waals surface area contributed by atoms with E-state index in [1.807, 2.05) is 78.2 Å². The first-order chi connectivity index (χ1) is 14.2. The molecule has 144 valence electrons. The summed E-state index contributed by atoms with van der Waals surface area (Å²) in [6.45, 7) is 0. The fraction of sp³-hybridized carbons (Fsp3) is 0.0435. The van der Waals surface area contributed by atoms with E-state index in [0.717, 1.165) is 33.2 Å². The standard InChI is InChI=1S/C23H20N4OS/c24-18-5-2-7-20(14-18)26-22-13-17(9-10-25-22)16-4-1-6-19(12-16)27-23(28)15-21-8-3-11-29-21/h1-14H,15,24H2,(H,25,26)(H,27,28). The first-order valence-corrected chi connectivity index (χ1v) is 10.0. The van der Waals surface area contributed by atoms with Crippen molar-refractivity contribution in [2.24, 2.45) is 0 Å². The van der Waals surface area contributed by atoms with Gasteiger partial charge in [0.1, 0.15) is 5.82 Å². The molecule has 0 saturated heterocycles. The number of thiophene rings is 1. The van der Waals surface area contributed by atoms with E-state index in [-0.39, 0.29) is 5.91 Å². The van der Waals surface area contributed by atoms with Gasteiger partial charge in [-0.1, -0.05) is 24.3 Å². The highest BCUT2D eigenvalue weighted by atomic mass is 32.1. The van der Waals surface area contributed by atoms with E-state index < -0.39 is 0 Å².